The van der Waals surface area contributed by atoms with E-state index in [0.29, 0.717) is 33.8 Å². The fraction of sp³-hybridized carbons (Fsp3) is 0.300. The van der Waals surface area contributed by atoms with Crippen LogP contribution in [0.15, 0.2) is 67.0 Å². The van der Waals surface area contributed by atoms with E-state index in [1.54, 1.807) is 31.4 Å². The summed E-state index contributed by atoms with van der Waals surface area (Å²) in [5.41, 5.74) is 7.91. The second-order valence-corrected chi connectivity index (χ2v) is 9.94. The minimum absolute atomic E-state index is 0.0965. The van der Waals surface area contributed by atoms with E-state index in [1.807, 2.05) is 12.1 Å². The average Bonchev–Trinajstić information content (AvgIpc) is 2.94. The Morgan fingerprint density at radius 2 is 1.60 bits per heavy atom. The highest BCUT2D eigenvalue weighted by Gasteiger charge is 2.31. The van der Waals surface area contributed by atoms with E-state index in [4.69, 9.17) is 15.2 Å². The number of alkyl halides is 3. The van der Waals surface area contributed by atoms with Crippen LogP contribution in [0.3, 0.4) is 0 Å². The largest absolute Gasteiger partial charge is 0.493 e. The Hall–Kier alpha value is -4.18. The number of rotatable bonds is 7. The standard InChI is InChI=1S/C30H29F3N4O3/c1-37-13-11-22(12-14-37)40-26-16-24-23(15-25(26)39-2)28(36-17-35-24)20-5-3-18(4-6-20)27(29(34)38)19-7-9-21(10-8-19)30(31,32)33/h3-10,15-17,22,27H,11-14H2,1-2H3,(H2,34,38). The van der Waals surface area contributed by atoms with Crippen molar-refractivity contribution in [3.63, 3.8) is 0 Å². The van der Waals surface area contributed by atoms with Crippen molar-refractivity contribution in [2.24, 2.45) is 5.73 Å². The number of hydrogen-bond acceptors (Lipinski definition) is 6. The number of fused-ring (bicyclic) bond motifs is 1. The van der Waals surface area contributed by atoms with Gasteiger partial charge in [0.1, 0.15) is 12.4 Å². The molecule has 1 saturated heterocycles. The third-order valence-electron chi connectivity index (χ3n) is 7.25. The van der Waals surface area contributed by atoms with E-state index in [9.17, 15) is 18.0 Å². The number of amides is 1. The molecule has 2 N–H and O–H groups in total. The van der Waals surface area contributed by atoms with Gasteiger partial charge in [-0.05, 0) is 49.2 Å². The fourth-order valence-corrected chi connectivity index (χ4v) is 5.05. The number of nitrogens with zero attached hydrogens (tertiary/aromatic N) is 3. The Balaban J connectivity index is 1.44. The number of likely N-dealkylation sites (tertiary alicyclic amines) is 1. The number of methoxy groups -OCH3 is 1. The van der Waals surface area contributed by atoms with Crippen molar-refractivity contribution in [1.82, 2.24) is 14.9 Å². The van der Waals surface area contributed by atoms with Gasteiger partial charge in [-0.25, -0.2) is 9.97 Å². The topological polar surface area (TPSA) is 90.6 Å². The molecule has 1 atom stereocenters. The Morgan fingerprint density at radius 1 is 0.975 bits per heavy atom. The lowest BCUT2D eigenvalue weighted by atomic mass is 9.89. The van der Waals surface area contributed by atoms with Crippen molar-refractivity contribution in [2.75, 3.05) is 27.2 Å². The predicted octanol–water partition coefficient (Wildman–Crippen LogP) is 5.41. The lowest BCUT2D eigenvalue weighted by molar-refractivity contribution is -0.137. The number of halogens is 3. The van der Waals surface area contributed by atoms with Gasteiger partial charge in [0.2, 0.25) is 5.91 Å². The zero-order valence-electron chi connectivity index (χ0n) is 22.1. The molecule has 7 nitrogen and oxygen atoms in total. The highest BCUT2D eigenvalue weighted by atomic mass is 19.4. The van der Waals surface area contributed by atoms with Gasteiger partial charge in [0.25, 0.3) is 0 Å². The van der Waals surface area contributed by atoms with Crippen LogP contribution in [0.5, 0.6) is 11.5 Å². The number of aromatic nitrogens is 2. The van der Waals surface area contributed by atoms with Crippen LogP contribution >= 0.6 is 0 Å². The lowest BCUT2D eigenvalue weighted by Gasteiger charge is -2.29. The Bertz CT molecular complexity index is 1500. The molecule has 1 fully saturated rings. The Morgan fingerprint density at radius 3 is 2.17 bits per heavy atom. The number of carbonyl (C=O) groups is 1. The second-order valence-electron chi connectivity index (χ2n) is 9.94. The maximum absolute atomic E-state index is 13.0. The summed E-state index contributed by atoms with van der Waals surface area (Å²) in [4.78, 5) is 23.5. The van der Waals surface area contributed by atoms with Crippen LogP contribution in [0.4, 0.5) is 13.2 Å². The molecule has 2 heterocycles. The third kappa shape index (κ3) is 5.72. The molecular weight excluding hydrogens is 521 g/mol. The monoisotopic (exact) mass is 550 g/mol. The summed E-state index contributed by atoms with van der Waals surface area (Å²) in [6.07, 6.45) is -1.04. The molecule has 1 aromatic heterocycles. The Labute approximate surface area is 229 Å². The van der Waals surface area contributed by atoms with E-state index in [-0.39, 0.29) is 6.10 Å². The first-order chi connectivity index (χ1) is 19.1. The summed E-state index contributed by atoms with van der Waals surface area (Å²) in [7, 11) is 3.69. The summed E-state index contributed by atoms with van der Waals surface area (Å²) in [5.74, 6) is -0.361. The van der Waals surface area contributed by atoms with Crippen molar-refractivity contribution in [1.29, 1.82) is 0 Å². The molecule has 1 unspecified atom stereocenters. The fourth-order valence-electron chi connectivity index (χ4n) is 5.05. The van der Waals surface area contributed by atoms with Gasteiger partial charge in [0.15, 0.2) is 11.5 Å². The summed E-state index contributed by atoms with van der Waals surface area (Å²) in [5, 5.41) is 0.761. The quantitative estimate of drug-likeness (QED) is 0.331. The first kappa shape index (κ1) is 27.4. The summed E-state index contributed by atoms with van der Waals surface area (Å²) in [6.45, 7) is 1.94. The zero-order valence-corrected chi connectivity index (χ0v) is 22.1. The molecule has 0 aliphatic carbocycles. The van der Waals surface area contributed by atoms with Crippen molar-refractivity contribution in [3.05, 3.63) is 83.7 Å². The summed E-state index contributed by atoms with van der Waals surface area (Å²) >= 11 is 0. The van der Waals surface area contributed by atoms with Crippen LogP contribution in [0.1, 0.15) is 35.4 Å². The van der Waals surface area contributed by atoms with Crippen LogP contribution < -0.4 is 15.2 Å². The predicted molar refractivity (Wildman–Crippen MR) is 145 cm³/mol. The van der Waals surface area contributed by atoms with Gasteiger partial charge < -0.3 is 20.1 Å². The molecule has 10 heteroatoms. The molecule has 5 rings (SSSR count). The van der Waals surface area contributed by atoms with Gasteiger partial charge in [0.05, 0.1) is 29.8 Å². The van der Waals surface area contributed by atoms with Crippen LogP contribution in [0.25, 0.3) is 22.2 Å². The second kappa shape index (κ2) is 11.1. The molecule has 4 aromatic rings. The van der Waals surface area contributed by atoms with Crippen molar-refractivity contribution in [3.8, 4) is 22.8 Å². The van der Waals surface area contributed by atoms with Crippen LogP contribution in [-0.2, 0) is 11.0 Å². The first-order valence-electron chi connectivity index (χ1n) is 12.9. The van der Waals surface area contributed by atoms with Gasteiger partial charge in [-0.3, -0.25) is 4.79 Å². The number of benzene rings is 3. The third-order valence-corrected chi connectivity index (χ3v) is 7.25. The van der Waals surface area contributed by atoms with Gasteiger partial charge in [-0.2, -0.15) is 13.2 Å². The van der Waals surface area contributed by atoms with Crippen molar-refractivity contribution >= 4 is 16.8 Å². The number of nitrogens with two attached hydrogens (primary N) is 1. The molecule has 0 radical (unpaired) electrons. The number of piperidine rings is 1. The van der Waals surface area contributed by atoms with Crippen LogP contribution in [0, 0.1) is 0 Å². The molecule has 1 aliphatic heterocycles. The highest BCUT2D eigenvalue weighted by Crippen LogP contribution is 2.37. The van der Waals surface area contributed by atoms with Crippen LogP contribution in [-0.4, -0.2) is 54.1 Å². The normalized spacial score (nSPS) is 15.6. The highest BCUT2D eigenvalue weighted by molar-refractivity contribution is 5.94. The summed E-state index contributed by atoms with van der Waals surface area (Å²) in [6, 6.07) is 15.2. The number of ether oxygens (including phenoxy) is 2. The number of carbonyl (C=O) groups excluding carboxylic acids is 1. The number of primary amides is 1. The van der Waals surface area contributed by atoms with Gasteiger partial charge >= 0.3 is 6.18 Å². The van der Waals surface area contributed by atoms with Gasteiger partial charge in [0, 0.05) is 30.1 Å². The maximum atomic E-state index is 13.0. The number of hydrogen-bond donors (Lipinski definition) is 1. The van der Waals surface area contributed by atoms with Gasteiger partial charge in [-0.1, -0.05) is 36.4 Å². The van der Waals surface area contributed by atoms with E-state index in [2.05, 4.69) is 21.9 Å². The molecule has 0 saturated carbocycles. The SMILES string of the molecule is COc1cc2c(-c3ccc(C(C(N)=O)c4ccc(C(F)(F)F)cc4)cc3)ncnc2cc1OC1CCN(C)CC1. The summed E-state index contributed by atoms with van der Waals surface area (Å²) < 4.78 is 50.9. The molecule has 1 amide bonds. The van der Waals surface area contributed by atoms with E-state index in [1.165, 1.54) is 18.5 Å². The Kier molecular flexibility index (Phi) is 7.62. The first-order valence-corrected chi connectivity index (χ1v) is 12.9. The van der Waals surface area contributed by atoms with E-state index in [0.717, 1.165) is 49.0 Å². The van der Waals surface area contributed by atoms with E-state index < -0.39 is 23.6 Å². The maximum Gasteiger partial charge on any atom is 0.416 e. The van der Waals surface area contributed by atoms with Crippen molar-refractivity contribution < 1.29 is 27.4 Å². The molecule has 0 spiro atoms. The molecule has 3 aromatic carbocycles. The van der Waals surface area contributed by atoms with E-state index >= 15 is 0 Å². The molecule has 208 valence electrons. The smallest absolute Gasteiger partial charge is 0.416 e. The molecule has 0 bridgehead atoms. The minimum Gasteiger partial charge on any atom is -0.493 e. The average molecular weight is 551 g/mol. The lowest BCUT2D eigenvalue weighted by Crippen LogP contribution is -2.35. The molecule has 40 heavy (non-hydrogen) atoms. The molecule has 1 aliphatic rings. The minimum atomic E-state index is -4.47. The van der Waals surface area contributed by atoms with Crippen molar-refractivity contribution in [2.45, 2.75) is 31.0 Å². The van der Waals surface area contributed by atoms with Gasteiger partial charge in [-0.15, -0.1) is 0 Å². The zero-order chi connectivity index (χ0) is 28.4. The van der Waals surface area contributed by atoms with Crippen LogP contribution in [0.2, 0.25) is 0 Å². The molecular formula is C30H29F3N4O3.